The zero-order valence-electron chi connectivity index (χ0n) is 6.34. The fourth-order valence-corrected chi connectivity index (χ4v) is 2.08. The van der Waals surface area contributed by atoms with E-state index in [4.69, 9.17) is 0 Å². The standard InChI is InChI=1S/C10H10S/c1-8-7-11-10(8)9-5-3-2-4-6-9/h2-5H,1,6-7H2. The zero-order chi connectivity index (χ0) is 7.68. The molecule has 0 aromatic heterocycles. The maximum atomic E-state index is 3.98. The fourth-order valence-electron chi connectivity index (χ4n) is 1.25. The van der Waals surface area contributed by atoms with E-state index in [-0.39, 0.29) is 0 Å². The third kappa shape index (κ3) is 1.21. The van der Waals surface area contributed by atoms with Gasteiger partial charge in [0.25, 0.3) is 0 Å². The number of hydrogen-bond donors (Lipinski definition) is 0. The molecule has 0 saturated carbocycles. The van der Waals surface area contributed by atoms with E-state index in [1.165, 1.54) is 16.1 Å². The van der Waals surface area contributed by atoms with Crippen molar-refractivity contribution in [1.82, 2.24) is 0 Å². The van der Waals surface area contributed by atoms with Crippen LogP contribution in [0, 0.1) is 0 Å². The predicted molar refractivity (Wildman–Crippen MR) is 51.5 cm³/mol. The molecule has 0 atom stereocenters. The van der Waals surface area contributed by atoms with Gasteiger partial charge in [-0.1, -0.05) is 30.9 Å². The topological polar surface area (TPSA) is 0 Å². The van der Waals surface area contributed by atoms with Gasteiger partial charge in [0.15, 0.2) is 0 Å². The van der Waals surface area contributed by atoms with Gasteiger partial charge in [0.05, 0.1) is 0 Å². The van der Waals surface area contributed by atoms with E-state index in [0.29, 0.717) is 0 Å². The molecule has 1 heterocycles. The summed E-state index contributed by atoms with van der Waals surface area (Å²) in [5.41, 5.74) is 2.75. The number of allylic oxidation sites excluding steroid dienone is 6. The summed E-state index contributed by atoms with van der Waals surface area (Å²) in [5.74, 6) is 1.12. The number of thioether (sulfide) groups is 1. The van der Waals surface area contributed by atoms with Crippen molar-refractivity contribution in [2.75, 3.05) is 5.75 Å². The molecular weight excluding hydrogens is 152 g/mol. The Morgan fingerprint density at radius 1 is 1.36 bits per heavy atom. The Labute approximate surface area is 71.4 Å². The average Bonchev–Trinajstić information content (AvgIpc) is 2.04. The van der Waals surface area contributed by atoms with Gasteiger partial charge in [-0.15, -0.1) is 11.8 Å². The minimum atomic E-state index is 1.08. The molecule has 1 saturated heterocycles. The molecule has 0 bridgehead atoms. The lowest BCUT2D eigenvalue weighted by Gasteiger charge is -2.23. The maximum Gasteiger partial charge on any atom is 0.0237 e. The molecule has 0 amide bonds. The van der Waals surface area contributed by atoms with Crippen molar-refractivity contribution < 1.29 is 0 Å². The minimum Gasteiger partial charge on any atom is -0.121 e. The van der Waals surface area contributed by atoms with Crippen molar-refractivity contribution in [2.24, 2.45) is 0 Å². The number of rotatable bonds is 0. The van der Waals surface area contributed by atoms with Crippen molar-refractivity contribution in [3.8, 4) is 0 Å². The summed E-state index contributed by atoms with van der Waals surface area (Å²) in [6.07, 6.45) is 9.65. The first-order valence-corrected chi connectivity index (χ1v) is 4.74. The molecule has 1 fully saturated rings. The Balaban J connectivity index is 2.27. The van der Waals surface area contributed by atoms with E-state index < -0.39 is 0 Å². The van der Waals surface area contributed by atoms with Crippen LogP contribution in [0.15, 0.2) is 46.9 Å². The number of hydrogen-bond acceptors (Lipinski definition) is 1. The Morgan fingerprint density at radius 3 is 2.73 bits per heavy atom. The molecular formula is C10H10S. The first-order chi connectivity index (χ1) is 5.38. The maximum absolute atomic E-state index is 3.98. The van der Waals surface area contributed by atoms with E-state index >= 15 is 0 Å². The van der Waals surface area contributed by atoms with Crippen LogP contribution in [0.25, 0.3) is 0 Å². The molecule has 1 aliphatic carbocycles. The van der Waals surface area contributed by atoms with Crippen LogP contribution in [-0.4, -0.2) is 5.75 Å². The summed E-state index contributed by atoms with van der Waals surface area (Å²) < 4.78 is 0. The summed E-state index contributed by atoms with van der Waals surface area (Å²) >= 11 is 1.91. The SMILES string of the molecule is C=C1CSC1=C1C=CC=CC1. The Kier molecular flexibility index (Phi) is 1.74. The van der Waals surface area contributed by atoms with Crippen LogP contribution in [0.2, 0.25) is 0 Å². The molecule has 0 aromatic rings. The lowest BCUT2D eigenvalue weighted by Crippen LogP contribution is -2.04. The van der Waals surface area contributed by atoms with Gasteiger partial charge in [0.1, 0.15) is 0 Å². The summed E-state index contributed by atoms with van der Waals surface area (Å²) in [6.45, 7) is 3.98. The Morgan fingerprint density at radius 2 is 2.27 bits per heavy atom. The second-order valence-electron chi connectivity index (χ2n) is 2.74. The van der Waals surface area contributed by atoms with E-state index in [1.807, 2.05) is 11.8 Å². The lowest BCUT2D eigenvalue weighted by molar-refractivity contribution is 1.23. The molecule has 1 heteroatoms. The molecule has 2 rings (SSSR count). The van der Waals surface area contributed by atoms with Gasteiger partial charge in [0, 0.05) is 10.7 Å². The van der Waals surface area contributed by atoms with Crippen molar-refractivity contribution in [3.05, 3.63) is 46.9 Å². The van der Waals surface area contributed by atoms with Crippen molar-refractivity contribution in [2.45, 2.75) is 6.42 Å². The van der Waals surface area contributed by atoms with Crippen LogP contribution in [0.1, 0.15) is 6.42 Å². The van der Waals surface area contributed by atoms with Crippen LogP contribution in [0.5, 0.6) is 0 Å². The summed E-state index contributed by atoms with van der Waals surface area (Å²) in [4.78, 5) is 1.42. The predicted octanol–water partition coefficient (Wildman–Crippen LogP) is 3.06. The lowest BCUT2D eigenvalue weighted by atomic mass is 10.0. The summed E-state index contributed by atoms with van der Waals surface area (Å²) in [7, 11) is 0. The molecule has 0 radical (unpaired) electrons. The first kappa shape index (κ1) is 6.99. The third-order valence-electron chi connectivity index (χ3n) is 1.89. The highest BCUT2D eigenvalue weighted by atomic mass is 32.2. The molecule has 2 aliphatic rings. The van der Waals surface area contributed by atoms with E-state index in [9.17, 15) is 0 Å². The average molecular weight is 162 g/mol. The molecule has 0 spiro atoms. The molecule has 11 heavy (non-hydrogen) atoms. The van der Waals surface area contributed by atoms with Gasteiger partial charge in [0.2, 0.25) is 0 Å². The van der Waals surface area contributed by atoms with Crippen molar-refractivity contribution in [3.63, 3.8) is 0 Å². The molecule has 56 valence electrons. The fraction of sp³-hybridized carbons (Fsp3) is 0.200. The smallest absolute Gasteiger partial charge is 0.0237 e. The highest BCUT2D eigenvalue weighted by Gasteiger charge is 2.18. The van der Waals surface area contributed by atoms with Gasteiger partial charge in [-0.25, -0.2) is 0 Å². The van der Waals surface area contributed by atoms with Crippen LogP contribution < -0.4 is 0 Å². The van der Waals surface area contributed by atoms with Gasteiger partial charge in [-0.05, 0) is 17.6 Å². The van der Waals surface area contributed by atoms with E-state index in [0.717, 1.165) is 12.2 Å². The van der Waals surface area contributed by atoms with E-state index in [1.54, 1.807) is 0 Å². The monoisotopic (exact) mass is 162 g/mol. The third-order valence-corrected chi connectivity index (χ3v) is 3.22. The van der Waals surface area contributed by atoms with Gasteiger partial charge in [-0.3, -0.25) is 0 Å². The van der Waals surface area contributed by atoms with Crippen molar-refractivity contribution in [1.29, 1.82) is 0 Å². The molecule has 0 unspecified atom stereocenters. The zero-order valence-corrected chi connectivity index (χ0v) is 7.16. The molecule has 0 aromatic carbocycles. The summed E-state index contributed by atoms with van der Waals surface area (Å²) in [6, 6.07) is 0. The second-order valence-corrected chi connectivity index (χ2v) is 3.72. The van der Waals surface area contributed by atoms with Crippen molar-refractivity contribution >= 4 is 11.8 Å². The second kappa shape index (κ2) is 2.74. The highest BCUT2D eigenvalue weighted by molar-refractivity contribution is 8.05. The van der Waals surface area contributed by atoms with Gasteiger partial charge < -0.3 is 0 Å². The molecule has 1 aliphatic heterocycles. The largest absolute Gasteiger partial charge is 0.121 e. The summed E-state index contributed by atoms with van der Waals surface area (Å²) in [5, 5.41) is 0. The van der Waals surface area contributed by atoms with Gasteiger partial charge in [-0.2, -0.15) is 0 Å². The molecule has 0 N–H and O–H groups in total. The van der Waals surface area contributed by atoms with Crippen LogP contribution in [-0.2, 0) is 0 Å². The first-order valence-electron chi connectivity index (χ1n) is 3.75. The molecule has 0 nitrogen and oxygen atoms in total. The van der Waals surface area contributed by atoms with Crippen LogP contribution >= 0.6 is 11.8 Å². The van der Waals surface area contributed by atoms with Crippen LogP contribution in [0.4, 0.5) is 0 Å². The normalized spacial score (nSPS) is 28.9. The van der Waals surface area contributed by atoms with Crippen LogP contribution in [0.3, 0.4) is 0 Å². The van der Waals surface area contributed by atoms with E-state index in [2.05, 4.69) is 30.9 Å². The minimum absolute atomic E-state index is 1.08. The quantitative estimate of drug-likeness (QED) is 0.527. The Bertz CT molecular complexity index is 279. The Hall–Kier alpha value is -0.690. The van der Waals surface area contributed by atoms with Gasteiger partial charge >= 0.3 is 0 Å². The highest BCUT2D eigenvalue weighted by Crippen LogP contribution is 2.41.